The number of carboxylic acids is 2. The zero-order valence-corrected chi connectivity index (χ0v) is 20.4. The lowest BCUT2D eigenvalue weighted by atomic mass is 10.1. The fraction of sp³-hybridized carbons (Fsp3) is 0.250. The Morgan fingerprint density at radius 2 is 1.43 bits per heavy atom. The molecule has 8 nitrogen and oxygen atoms in total. The standard InChI is InChI=1S/C26H26FN3O.C2H2O4/c1-2-30-24-10-6-4-7-20(24)22-17-19(11-12-25(22)30)18-28-13-15-29(16-14-28)26(31)21-8-3-5-9-23(21)27;3-1(4)2(5)6/h3-12,17H,2,13-16,18H2,1H3;(H,3,4)(H,5,6). The molecule has 2 heterocycles. The summed E-state index contributed by atoms with van der Waals surface area (Å²) in [5, 5.41) is 17.4. The van der Waals surface area contributed by atoms with E-state index in [-0.39, 0.29) is 11.5 Å². The highest BCUT2D eigenvalue weighted by Gasteiger charge is 2.24. The molecule has 5 rings (SSSR count). The fourth-order valence-corrected chi connectivity index (χ4v) is 4.71. The van der Waals surface area contributed by atoms with Crippen LogP contribution in [-0.4, -0.2) is 68.6 Å². The normalized spacial score (nSPS) is 13.8. The van der Waals surface area contributed by atoms with Gasteiger partial charge in [-0.3, -0.25) is 9.69 Å². The van der Waals surface area contributed by atoms with Crippen molar-refractivity contribution in [2.75, 3.05) is 26.2 Å². The number of aliphatic carboxylic acids is 2. The van der Waals surface area contributed by atoms with Crippen molar-refractivity contribution in [3.05, 3.63) is 83.7 Å². The van der Waals surface area contributed by atoms with Gasteiger partial charge < -0.3 is 19.7 Å². The minimum Gasteiger partial charge on any atom is -0.473 e. The smallest absolute Gasteiger partial charge is 0.414 e. The summed E-state index contributed by atoms with van der Waals surface area (Å²) in [4.78, 5) is 35.0. The first-order valence-corrected chi connectivity index (χ1v) is 12.0. The van der Waals surface area contributed by atoms with Gasteiger partial charge in [-0.25, -0.2) is 14.0 Å². The van der Waals surface area contributed by atoms with Crippen molar-refractivity contribution >= 4 is 39.7 Å². The van der Waals surface area contributed by atoms with E-state index in [2.05, 4.69) is 58.9 Å². The summed E-state index contributed by atoms with van der Waals surface area (Å²) in [6.45, 7) is 6.78. The number of nitrogens with zero attached hydrogens (tertiary/aromatic N) is 3. The maximum Gasteiger partial charge on any atom is 0.414 e. The van der Waals surface area contributed by atoms with Crippen molar-refractivity contribution in [1.29, 1.82) is 0 Å². The average molecular weight is 506 g/mol. The number of aromatic nitrogens is 1. The van der Waals surface area contributed by atoms with Crippen LogP contribution in [0.5, 0.6) is 0 Å². The molecule has 9 heteroatoms. The van der Waals surface area contributed by atoms with Gasteiger partial charge in [0.05, 0.1) is 5.56 Å². The zero-order chi connectivity index (χ0) is 26.5. The molecule has 0 bridgehead atoms. The highest BCUT2D eigenvalue weighted by molar-refractivity contribution is 6.27. The number of para-hydroxylation sites is 1. The molecule has 2 N–H and O–H groups in total. The maximum absolute atomic E-state index is 14.0. The molecular weight excluding hydrogens is 477 g/mol. The maximum atomic E-state index is 14.0. The number of hydrogen-bond donors (Lipinski definition) is 2. The van der Waals surface area contributed by atoms with E-state index >= 15 is 0 Å². The SMILES string of the molecule is CCn1c2ccccc2c2cc(CN3CCN(C(=O)c4ccccc4F)CC3)ccc21.O=C(O)C(=O)O. The Kier molecular flexibility index (Phi) is 7.83. The first-order valence-electron chi connectivity index (χ1n) is 12.0. The summed E-state index contributed by atoms with van der Waals surface area (Å²) >= 11 is 0. The summed E-state index contributed by atoms with van der Waals surface area (Å²) in [7, 11) is 0. The van der Waals surface area contributed by atoms with Gasteiger partial charge in [-0.2, -0.15) is 0 Å². The van der Waals surface area contributed by atoms with Crippen molar-refractivity contribution < 1.29 is 29.0 Å². The lowest BCUT2D eigenvalue weighted by Crippen LogP contribution is -2.48. The molecule has 192 valence electrons. The van der Waals surface area contributed by atoms with Crippen molar-refractivity contribution in [3.8, 4) is 0 Å². The van der Waals surface area contributed by atoms with Crippen LogP contribution >= 0.6 is 0 Å². The van der Waals surface area contributed by atoms with Gasteiger partial charge in [0.2, 0.25) is 0 Å². The average Bonchev–Trinajstić information content (AvgIpc) is 3.22. The number of benzene rings is 3. The molecule has 0 spiro atoms. The second kappa shape index (κ2) is 11.2. The number of amides is 1. The quantitative estimate of drug-likeness (QED) is 0.406. The first-order chi connectivity index (χ1) is 17.8. The van der Waals surface area contributed by atoms with Gasteiger partial charge in [-0.1, -0.05) is 36.4 Å². The van der Waals surface area contributed by atoms with Crippen LogP contribution in [0.3, 0.4) is 0 Å². The molecule has 0 aliphatic carbocycles. The number of piperazine rings is 1. The van der Waals surface area contributed by atoms with E-state index in [4.69, 9.17) is 19.8 Å². The minimum atomic E-state index is -1.82. The van der Waals surface area contributed by atoms with Crippen LogP contribution in [0.4, 0.5) is 4.39 Å². The Labute approximate surface area is 213 Å². The number of hydrogen-bond acceptors (Lipinski definition) is 4. The molecule has 4 aromatic rings. The second-order valence-corrected chi connectivity index (χ2v) is 8.77. The third-order valence-corrected chi connectivity index (χ3v) is 6.51. The summed E-state index contributed by atoms with van der Waals surface area (Å²) < 4.78 is 16.3. The van der Waals surface area contributed by atoms with E-state index in [0.29, 0.717) is 13.1 Å². The molecule has 0 saturated carbocycles. The summed E-state index contributed by atoms with van der Waals surface area (Å²) in [6.07, 6.45) is 0. The fourth-order valence-electron chi connectivity index (χ4n) is 4.71. The van der Waals surface area contributed by atoms with Crippen LogP contribution in [0.15, 0.2) is 66.7 Å². The van der Waals surface area contributed by atoms with E-state index in [9.17, 15) is 9.18 Å². The van der Waals surface area contributed by atoms with E-state index in [1.807, 2.05) is 0 Å². The number of carbonyl (C=O) groups excluding carboxylic acids is 1. The van der Waals surface area contributed by atoms with Crippen molar-refractivity contribution in [2.24, 2.45) is 0 Å². The molecule has 0 radical (unpaired) electrons. The van der Waals surface area contributed by atoms with Crippen molar-refractivity contribution in [3.63, 3.8) is 0 Å². The second-order valence-electron chi connectivity index (χ2n) is 8.77. The largest absolute Gasteiger partial charge is 0.473 e. The first kappa shape index (κ1) is 25.8. The third-order valence-electron chi connectivity index (χ3n) is 6.51. The lowest BCUT2D eigenvalue weighted by Gasteiger charge is -2.34. The van der Waals surface area contributed by atoms with Crippen LogP contribution < -0.4 is 0 Å². The Hall–Kier alpha value is -4.24. The number of aryl methyl sites for hydroxylation is 1. The van der Waals surface area contributed by atoms with Gasteiger partial charge in [0.1, 0.15) is 5.82 Å². The summed E-state index contributed by atoms with van der Waals surface area (Å²) in [6, 6.07) is 21.5. The van der Waals surface area contributed by atoms with Crippen LogP contribution in [0.2, 0.25) is 0 Å². The van der Waals surface area contributed by atoms with Crippen LogP contribution in [0.1, 0.15) is 22.8 Å². The van der Waals surface area contributed by atoms with Gasteiger partial charge in [0, 0.05) is 61.1 Å². The number of carbonyl (C=O) groups is 3. The molecule has 0 unspecified atom stereocenters. The lowest BCUT2D eigenvalue weighted by molar-refractivity contribution is -0.159. The highest BCUT2D eigenvalue weighted by atomic mass is 19.1. The molecule has 1 amide bonds. The molecule has 1 aromatic heterocycles. The van der Waals surface area contributed by atoms with Gasteiger partial charge in [-0.05, 0) is 42.8 Å². The molecule has 1 aliphatic rings. The highest BCUT2D eigenvalue weighted by Crippen LogP contribution is 2.30. The van der Waals surface area contributed by atoms with Gasteiger partial charge >= 0.3 is 11.9 Å². The number of fused-ring (bicyclic) bond motifs is 3. The van der Waals surface area contributed by atoms with Crippen LogP contribution in [0.25, 0.3) is 21.8 Å². The Morgan fingerprint density at radius 1 is 0.811 bits per heavy atom. The molecular formula is C28H28FN3O5. The number of rotatable bonds is 4. The van der Waals surface area contributed by atoms with Gasteiger partial charge in [-0.15, -0.1) is 0 Å². The molecule has 1 fully saturated rings. The van der Waals surface area contributed by atoms with Gasteiger partial charge in [0.25, 0.3) is 5.91 Å². The predicted molar refractivity (Wildman–Crippen MR) is 138 cm³/mol. The van der Waals surface area contributed by atoms with Crippen LogP contribution in [-0.2, 0) is 22.7 Å². The molecule has 3 aromatic carbocycles. The van der Waals surface area contributed by atoms with Gasteiger partial charge in [0.15, 0.2) is 0 Å². The van der Waals surface area contributed by atoms with E-state index < -0.39 is 17.8 Å². The zero-order valence-electron chi connectivity index (χ0n) is 20.4. The van der Waals surface area contributed by atoms with Crippen molar-refractivity contribution in [1.82, 2.24) is 14.4 Å². The third kappa shape index (κ3) is 5.62. The molecule has 1 aliphatic heterocycles. The minimum absolute atomic E-state index is 0.161. The van der Waals surface area contributed by atoms with E-state index in [1.54, 1.807) is 23.1 Å². The molecule has 1 saturated heterocycles. The molecule has 37 heavy (non-hydrogen) atoms. The topological polar surface area (TPSA) is 103 Å². The summed E-state index contributed by atoms with van der Waals surface area (Å²) in [5.74, 6) is -4.31. The molecule has 0 atom stereocenters. The van der Waals surface area contributed by atoms with Crippen LogP contribution in [0, 0.1) is 5.82 Å². The number of halogens is 1. The Bertz CT molecular complexity index is 1450. The van der Waals surface area contributed by atoms with E-state index in [0.717, 1.165) is 26.2 Å². The summed E-state index contributed by atoms with van der Waals surface area (Å²) in [5.41, 5.74) is 3.99. The monoisotopic (exact) mass is 505 g/mol. The Balaban J connectivity index is 0.000000480. The van der Waals surface area contributed by atoms with E-state index in [1.165, 1.54) is 33.4 Å². The predicted octanol–water partition coefficient (Wildman–Crippen LogP) is 4.07. The van der Waals surface area contributed by atoms with Crippen molar-refractivity contribution in [2.45, 2.75) is 20.0 Å². The Morgan fingerprint density at radius 3 is 2.08 bits per heavy atom. The number of carboxylic acid groups (broad SMARTS) is 2.